The molecule has 19 heavy (non-hydrogen) atoms. The number of hydrogen-bond donors (Lipinski definition) is 3. The summed E-state index contributed by atoms with van der Waals surface area (Å²) in [7, 11) is 0. The van der Waals surface area contributed by atoms with Gasteiger partial charge < -0.3 is 11.1 Å². The molecule has 0 aromatic carbocycles. The number of carbonyl (C=O) groups excluding carboxylic acids is 1. The van der Waals surface area contributed by atoms with Crippen molar-refractivity contribution in [1.82, 2.24) is 15.5 Å². The van der Waals surface area contributed by atoms with Crippen molar-refractivity contribution >= 4 is 11.6 Å². The van der Waals surface area contributed by atoms with Crippen LogP contribution in [0.4, 0.5) is 5.69 Å². The van der Waals surface area contributed by atoms with Gasteiger partial charge in [-0.25, -0.2) is 0 Å². The van der Waals surface area contributed by atoms with E-state index in [2.05, 4.69) is 15.5 Å². The zero-order valence-electron chi connectivity index (χ0n) is 11.8. The van der Waals surface area contributed by atoms with Crippen molar-refractivity contribution in [3.8, 4) is 0 Å². The highest BCUT2D eigenvalue weighted by Gasteiger charge is 2.20. The monoisotopic (exact) mass is 264 g/mol. The molecule has 0 bridgehead atoms. The lowest BCUT2D eigenvalue weighted by Gasteiger charge is -2.21. The number of nitrogens with one attached hydrogen (secondary N) is 2. The maximum absolute atomic E-state index is 12.1. The van der Waals surface area contributed by atoms with Gasteiger partial charge in [0, 0.05) is 6.54 Å². The Kier molecular flexibility index (Phi) is 4.45. The largest absolute Gasteiger partial charge is 0.395 e. The Hall–Kier alpha value is -1.52. The third-order valence-corrected chi connectivity index (χ3v) is 3.90. The highest BCUT2D eigenvalue weighted by Crippen LogP contribution is 2.24. The Morgan fingerprint density at radius 1 is 1.42 bits per heavy atom. The van der Waals surface area contributed by atoms with Gasteiger partial charge in [0.1, 0.15) is 0 Å². The molecular formula is C14H24N4O. The standard InChI is InChI=1S/C14H24N4O/c1-9(2)12-11(15)13(18-17-12)14(19)16-8-10-6-4-3-5-7-10/h9-10H,3-8,15H2,1-2H3,(H,16,19)(H,17,18). The van der Waals surface area contributed by atoms with E-state index in [0.29, 0.717) is 17.3 Å². The fraction of sp³-hybridized carbons (Fsp3) is 0.714. The second kappa shape index (κ2) is 6.08. The van der Waals surface area contributed by atoms with Gasteiger partial charge in [-0.15, -0.1) is 0 Å². The summed E-state index contributed by atoms with van der Waals surface area (Å²) in [6.45, 7) is 4.78. The third-order valence-electron chi connectivity index (χ3n) is 3.90. The lowest BCUT2D eigenvalue weighted by Crippen LogP contribution is -2.31. The number of hydrogen-bond acceptors (Lipinski definition) is 3. The van der Waals surface area contributed by atoms with E-state index >= 15 is 0 Å². The first kappa shape index (κ1) is 13.9. The number of nitrogens with zero attached hydrogens (tertiary/aromatic N) is 1. The highest BCUT2D eigenvalue weighted by molar-refractivity contribution is 5.97. The number of aromatic nitrogens is 2. The first-order chi connectivity index (χ1) is 9.09. The topological polar surface area (TPSA) is 83.8 Å². The van der Waals surface area contributed by atoms with E-state index in [4.69, 9.17) is 5.73 Å². The first-order valence-corrected chi connectivity index (χ1v) is 7.21. The van der Waals surface area contributed by atoms with Crippen molar-refractivity contribution in [2.24, 2.45) is 5.92 Å². The van der Waals surface area contributed by atoms with Crippen LogP contribution in [0.5, 0.6) is 0 Å². The molecule has 1 aromatic heterocycles. The number of rotatable bonds is 4. The molecule has 0 spiro atoms. The van der Waals surface area contributed by atoms with Crippen molar-refractivity contribution in [1.29, 1.82) is 0 Å². The van der Waals surface area contributed by atoms with Crippen LogP contribution in [0.25, 0.3) is 0 Å². The molecule has 0 radical (unpaired) electrons. The number of anilines is 1. The summed E-state index contributed by atoms with van der Waals surface area (Å²) in [6, 6.07) is 0. The van der Waals surface area contributed by atoms with Gasteiger partial charge in [0.15, 0.2) is 5.69 Å². The Morgan fingerprint density at radius 2 is 2.11 bits per heavy atom. The van der Waals surface area contributed by atoms with Crippen molar-refractivity contribution in [2.75, 3.05) is 12.3 Å². The molecule has 1 saturated carbocycles. The summed E-state index contributed by atoms with van der Waals surface area (Å²) in [5.74, 6) is 0.695. The molecule has 0 saturated heterocycles. The van der Waals surface area contributed by atoms with Gasteiger partial charge >= 0.3 is 0 Å². The lowest BCUT2D eigenvalue weighted by atomic mass is 9.89. The number of amides is 1. The van der Waals surface area contributed by atoms with Gasteiger partial charge in [0.25, 0.3) is 5.91 Å². The van der Waals surface area contributed by atoms with Gasteiger partial charge in [-0.2, -0.15) is 5.10 Å². The molecular weight excluding hydrogens is 240 g/mol. The van der Waals surface area contributed by atoms with Crippen LogP contribution in [0, 0.1) is 5.92 Å². The Morgan fingerprint density at radius 3 is 2.68 bits per heavy atom. The molecule has 5 heteroatoms. The van der Waals surface area contributed by atoms with Gasteiger partial charge in [0.2, 0.25) is 0 Å². The van der Waals surface area contributed by atoms with Crippen LogP contribution in [0.2, 0.25) is 0 Å². The molecule has 2 rings (SSSR count). The predicted molar refractivity (Wildman–Crippen MR) is 76.0 cm³/mol. The molecule has 1 amide bonds. The van der Waals surface area contributed by atoms with E-state index in [1.165, 1.54) is 32.1 Å². The number of aromatic amines is 1. The van der Waals surface area contributed by atoms with Gasteiger partial charge in [-0.1, -0.05) is 33.1 Å². The summed E-state index contributed by atoms with van der Waals surface area (Å²) in [4.78, 5) is 12.1. The summed E-state index contributed by atoms with van der Waals surface area (Å²) in [5, 5.41) is 9.86. The summed E-state index contributed by atoms with van der Waals surface area (Å²) >= 11 is 0. The minimum Gasteiger partial charge on any atom is -0.395 e. The number of carbonyl (C=O) groups is 1. The SMILES string of the molecule is CC(C)c1[nH]nc(C(=O)NCC2CCCCC2)c1N. The van der Waals surface area contributed by atoms with E-state index in [0.717, 1.165) is 12.2 Å². The summed E-state index contributed by atoms with van der Waals surface area (Å²) < 4.78 is 0. The van der Waals surface area contributed by atoms with Gasteiger partial charge in [-0.3, -0.25) is 9.89 Å². The van der Waals surface area contributed by atoms with Crippen molar-refractivity contribution in [3.63, 3.8) is 0 Å². The molecule has 1 heterocycles. The van der Waals surface area contributed by atoms with Crippen LogP contribution in [-0.4, -0.2) is 22.6 Å². The molecule has 5 nitrogen and oxygen atoms in total. The van der Waals surface area contributed by atoms with Crippen LogP contribution in [0.1, 0.15) is 68.1 Å². The minimum atomic E-state index is -0.161. The quantitative estimate of drug-likeness (QED) is 0.781. The van der Waals surface area contributed by atoms with E-state index in [1.807, 2.05) is 13.8 Å². The van der Waals surface area contributed by atoms with Crippen LogP contribution in [0.15, 0.2) is 0 Å². The number of H-pyrrole nitrogens is 1. The smallest absolute Gasteiger partial charge is 0.273 e. The Labute approximate surface area is 114 Å². The van der Waals surface area contributed by atoms with Crippen molar-refractivity contribution in [2.45, 2.75) is 51.9 Å². The normalized spacial score (nSPS) is 16.8. The second-order valence-corrected chi connectivity index (χ2v) is 5.77. The molecule has 1 aliphatic rings. The molecule has 106 valence electrons. The van der Waals surface area contributed by atoms with E-state index in [-0.39, 0.29) is 11.8 Å². The van der Waals surface area contributed by atoms with Gasteiger partial charge in [-0.05, 0) is 24.7 Å². The molecule has 0 atom stereocenters. The zero-order valence-corrected chi connectivity index (χ0v) is 11.8. The maximum atomic E-state index is 12.1. The average Bonchev–Trinajstić information content (AvgIpc) is 2.79. The van der Waals surface area contributed by atoms with E-state index < -0.39 is 0 Å². The molecule has 0 unspecified atom stereocenters. The lowest BCUT2D eigenvalue weighted by molar-refractivity contribution is 0.0939. The fourth-order valence-corrected chi connectivity index (χ4v) is 2.69. The molecule has 4 N–H and O–H groups in total. The average molecular weight is 264 g/mol. The molecule has 1 aliphatic carbocycles. The minimum absolute atomic E-state index is 0.161. The first-order valence-electron chi connectivity index (χ1n) is 7.21. The van der Waals surface area contributed by atoms with Gasteiger partial charge in [0.05, 0.1) is 11.4 Å². The van der Waals surface area contributed by atoms with Crippen LogP contribution >= 0.6 is 0 Å². The molecule has 1 fully saturated rings. The van der Waals surface area contributed by atoms with E-state index in [1.54, 1.807) is 0 Å². The fourth-order valence-electron chi connectivity index (χ4n) is 2.69. The summed E-state index contributed by atoms with van der Waals surface area (Å²) in [5.41, 5.74) is 7.61. The van der Waals surface area contributed by atoms with Crippen LogP contribution in [-0.2, 0) is 0 Å². The highest BCUT2D eigenvalue weighted by atomic mass is 16.1. The molecule has 1 aromatic rings. The summed E-state index contributed by atoms with van der Waals surface area (Å²) in [6.07, 6.45) is 6.32. The van der Waals surface area contributed by atoms with Crippen LogP contribution in [0.3, 0.4) is 0 Å². The maximum Gasteiger partial charge on any atom is 0.273 e. The Balaban J connectivity index is 1.92. The van der Waals surface area contributed by atoms with Crippen molar-refractivity contribution < 1.29 is 4.79 Å². The second-order valence-electron chi connectivity index (χ2n) is 5.77. The predicted octanol–water partition coefficient (Wildman–Crippen LogP) is 2.43. The zero-order chi connectivity index (χ0) is 13.8. The third kappa shape index (κ3) is 3.28. The van der Waals surface area contributed by atoms with Crippen molar-refractivity contribution in [3.05, 3.63) is 11.4 Å². The molecule has 0 aliphatic heterocycles. The Bertz CT molecular complexity index is 433. The van der Waals surface area contributed by atoms with E-state index in [9.17, 15) is 4.79 Å². The number of nitrogen functional groups attached to an aromatic ring is 1. The number of nitrogens with two attached hydrogens (primary N) is 1. The van der Waals surface area contributed by atoms with Crippen LogP contribution < -0.4 is 11.1 Å².